The molecule has 1 saturated heterocycles. The third-order valence-corrected chi connectivity index (χ3v) is 3.53. The zero-order chi connectivity index (χ0) is 10.3. The molecule has 0 aromatic carbocycles. The molecule has 3 nitrogen and oxygen atoms in total. The maximum absolute atomic E-state index is 5.43. The van der Waals surface area contributed by atoms with E-state index in [4.69, 9.17) is 4.74 Å². The van der Waals surface area contributed by atoms with Gasteiger partial charge in [-0.1, -0.05) is 19.3 Å². The van der Waals surface area contributed by atoms with Crippen LogP contribution in [0.4, 0.5) is 0 Å². The van der Waals surface area contributed by atoms with E-state index in [0.29, 0.717) is 6.04 Å². The lowest BCUT2D eigenvalue weighted by atomic mass is 9.95. The van der Waals surface area contributed by atoms with E-state index in [0.717, 1.165) is 32.3 Å². The molecule has 2 rings (SSSR count). The summed E-state index contributed by atoms with van der Waals surface area (Å²) in [4.78, 5) is 0. The largest absolute Gasteiger partial charge is 0.379 e. The first kappa shape index (κ1) is 11.4. The zero-order valence-electron chi connectivity index (χ0n) is 9.63. The lowest BCUT2D eigenvalue weighted by Gasteiger charge is -2.26. The Bertz CT molecular complexity index is 145. The molecule has 2 aliphatic rings. The number of nitrogens with one attached hydrogen (secondary N) is 2. The van der Waals surface area contributed by atoms with Crippen LogP contribution in [0.3, 0.4) is 0 Å². The van der Waals surface area contributed by atoms with Crippen LogP contribution in [-0.4, -0.2) is 38.4 Å². The van der Waals surface area contributed by atoms with Gasteiger partial charge in [-0.25, -0.2) is 0 Å². The van der Waals surface area contributed by atoms with E-state index in [-0.39, 0.29) is 0 Å². The van der Waals surface area contributed by atoms with Crippen molar-refractivity contribution in [1.29, 1.82) is 0 Å². The van der Waals surface area contributed by atoms with Crippen LogP contribution in [0.15, 0.2) is 0 Å². The van der Waals surface area contributed by atoms with Crippen LogP contribution in [-0.2, 0) is 4.74 Å². The molecule has 3 heteroatoms. The Hall–Kier alpha value is -0.120. The number of morpholine rings is 1. The van der Waals surface area contributed by atoms with Gasteiger partial charge in [0.2, 0.25) is 0 Å². The minimum atomic E-state index is 0.579. The SMILES string of the molecule is C1CCC(NCCC2COCCN2)CC1. The van der Waals surface area contributed by atoms with E-state index in [1.54, 1.807) is 0 Å². The zero-order valence-corrected chi connectivity index (χ0v) is 9.63. The molecular weight excluding hydrogens is 188 g/mol. The van der Waals surface area contributed by atoms with Gasteiger partial charge in [0.05, 0.1) is 13.2 Å². The summed E-state index contributed by atoms with van der Waals surface area (Å²) in [5, 5.41) is 7.17. The van der Waals surface area contributed by atoms with Gasteiger partial charge in [-0.3, -0.25) is 0 Å². The van der Waals surface area contributed by atoms with Gasteiger partial charge in [-0.15, -0.1) is 0 Å². The van der Waals surface area contributed by atoms with E-state index in [2.05, 4.69) is 10.6 Å². The average molecular weight is 212 g/mol. The minimum Gasteiger partial charge on any atom is -0.379 e. The van der Waals surface area contributed by atoms with Crippen molar-refractivity contribution in [2.24, 2.45) is 0 Å². The molecule has 1 aliphatic heterocycles. The molecule has 2 fully saturated rings. The molecule has 0 amide bonds. The predicted molar refractivity (Wildman–Crippen MR) is 62.1 cm³/mol. The van der Waals surface area contributed by atoms with E-state index in [9.17, 15) is 0 Å². The van der Waals surface area contributed by atoms with Gasteiger partial charge in [0.25, 0.3) is 0 Å². The van der Waals surface area contributed by atoms with Crippen LogP contribution in [0.2, 0.25) is 0 Å². The molecule has 0 bridgehead atoms. The summed E-state index contributed by atoms with van der Waals surface area (Å²) in [5.41, 5.74) is 0. The van der Waals surface area contributed by atoms with Gasteiger partial charge in [-0.2, -0.15) is 0 Å². The van der Waals surface area contributed by atoms with Crippen molar-refractivity contribution in [3.05, 3.63) is 0 Å². The topological polar surface area (TPSA) is 33.3 Å². The van der Waals surface area contributed by atoms with E-state index < -0.39 is 0 Å². The second kappa shape index (κ2) is 6.46. The Morgan fingerprint density at radius 1 is 1.20 bits per heavy atom. The fraction of sp³-hybridized carbons (Fsp3) is 1.00. The summed E-state index contributed by atoms with van der Waals surface area (Å²) in [5.74, 6) is 0. The van der Waals surface area contributed by atoms with Gasteiger partial charge >= 0.3 is 0 Å². The molecule has 1 atom stereocenters. The molecular formula is C12H24N2O. The summed E-state index contributed by atoms with van der Waals surface area (Å²) >= 11 is 0. The Labute approximate surface area is 93.0 Å². The molecule has 0 spiro atoms. The molecule has 88 valence electrons. The second-order valence-corrected chi connectivity index (χ2v) is 4.80. The number of hydrogen-bond acceptors (Lipinski definition) is 3. The lowest BCUT2D eigenvalue weighted by Crippen LogP contribution is -2.43. The highest BCUT2D eigenvalue weighted by Gasteiger charge is 2.15. The highest BCUT2D eigenvalue weighted by molar-refractivity contribution is 4.75. The average Bonchev–Trinajstić information content (AvgIpc) is 2.32. The van der Waals surface area contributed by atoms with Crippen molar-refractivity contribution in [3.8, 4) is 0 Å². The van der Waals surface area contributed by atoms with E-state index >= 15 is 0 Å². The van der Waals surface area contributed by atoms with E-state index in [1.165, 1.54) is 38.5 Å². The summed E-state index contributed by atoms with van der Waals surface area (Å²) < 4.78 is 5.43. The van der Waals surface area contributed by atoms with Crippen LogP contribution in [0, 0.1) is 0 Å². The van der Waals surface area contributed by atoms with Gasteiger partial charge in [0, 0.05) is 18.6 Å². The molecule has 0 radical (unpaired) electrons. The molecule has 0 aromatic rings. The molecule has 2 N–H and O–H groups in total. The summed E-state index contributed by atoms with van der Waals surface area (Å²) in [7, 11) is 0. The fourth-order valence-corrected chi connectivity index (χ4v) is 2.57. The van der Waals surface area contributed by atoms with Gasteiger partial charge in [-0.05, 0) is 25.8 Å². The van der Waals surface area contributed by atoms with Crippen molar-refractivity contribution < 1.29 is 4.74 Å². The minimum absolute atomic E-state index is 0.579. The summed E-state index contributed by atoms with van der Waals surface area (Å²) in [6.45, 7) is 3.94. The van der Waals surface area contributed by atoms with Crippen molar-refractivity contribution in [2.45, 2.75) is 50.6 Å². The first-order valence-corrected chi connectivity index (χ1v) is 6.49. The highest BCUT2D eigenvalue weighted by Crippen LogP contribution is 2.17. The van der Waals surface area contributed by atoms with Crippen molar-refractivity contribution >= 4 is 0 Å². The van der Waals surface area contributed by atoms with Crippen molar-refractivity contribution in [1.82, 2.24) is 10.6 Å². The molecule has 15 heavy (non-hydrogen) atoms. The Morgan fingerprint density at radius 3 is 2.80 bits per heavy atom. The summed E-state index contributed by atoms with van der Waals surface area (Å²) in [6, 6.07) is 1.37. The van der Waals surface area contributed by atoms with Crippen LogP contribution < -0.4 is 10.6 Å². The van der Waals surface area contributed by atoms with Gasteiger partial charge in [0.15, 0.2) is 0 Å². The highest BCUT2D eigenvalue weighted by atomic mass is 16.5. The van der Waals surface area contributed by atoms with Gasteiger partial charge < -0.3 is 15.4 Å². The summed E-state index contributed by atoms with van der Waals surface area (Å²) in [6.07, 6.45) is 8.25. The smallest absolute Gasteiger partial charge is 0.0620 e. The molecule has 0 aromatic heterocycles. The van der Waals surface area contributed by atoms with Gasteiger partial charge in [0.1, 0.15) is 0 Å². The maximum atomic E-state index is 5.43. The lowest BCUT2D eigenvalue weighted by molar-refractivity contribution is 0.0739. The Kier molecular flexibility index (Phi) is 4.90. The van der Waals surface area contributed by atoms with Crippen molar-refractivity contribution in [2.75, 3.05) is 26.3 Å². The van der Waals surface area contributed by atoms with E-state index in [1.807, 2.05) is 0 Å². The molecule has 1 heterocycles. The third kappa shape index (κ3) is 4.09. The fourth-order valence-electron chi connectivity index (χ4n) is 2.57. The predicted octanol–water partition coefficient (Wildman–Crippen LogP) is 1.29. The number of rotatable bonds is 4. The Morgan fingerprint density at radius 2 is 2.07 bits per heavy atom. The van der Waals surface area contributed by atoms with Crippen LogP contribution in [0.5, 0.6) is 0 Å². The molecule has 1 saturated carbocycles. The monoisotopic (exact) mass is 212 g/mol. The molecule has 1 unspecified atom stereocenters. The maximum Gasteiger partial charge on any atom is 0.0620 e. The van der Waals surface area contributed by atoms with Crippen LogP contribution in [0.25, 0.3) is 0 Å². The quantitative estimate of drug-likeness (QED) is 0.736. The molecule has 1 aliphatic carbocycles. The third-order valence-electron chi connectivity index (χ3n) is 3.53. The Balaban J connectivity index is 1.53. The second-order valence-electron chi connectivity index (χ2n) is 4.80. The van der Waals surface area contributed by atoms with Crippen molar-refractivity contribution in [3.63, 3.8) is 0 Å². The standard InChI is InChI=1S/C12H24N2O/c1-2-4-11(5-3-1)13-7-6-12-10-15-9-8-14-12/h11-14H,1-10H2. The number of ether oxygens (including phenoxy) is 1. The first-order valence-electron chi connectivity index (χ1n) is 6.49. The van der Waals surface area contributed by atoms with Crippen LogP contribution in [0.1, 0.15) is 38.5 Å². The first-order chi connectivity index (χ1) is 7.45. The number of hydrogen-bond donors (Lipinski definition) is 2. The van der Waals surface area contributed by atoms with Crippen LogP contribution >= 0.6 is 0 Å². The normalized spacial score (nSPS) is 29.2.